The number of thiophene rings is 1. The van der Waals surface area contributed by atoms with Gasteiger partial charge in [0.25, 0.3) is 0 Å². The molecule has 1 aromatic heterocycles. The van der Waals surface area contributed by atoms with Crippen molar-refractivity contribution in [2.45, 2.75) is 43.6 Å². The van der Waals surface area contributed by atoms with Crippen LogP contribution in [0.4, 0.5) is 0 Å². The van der Waals surface area contributed by atoms with E-state index in [2.05, 4.69) is 6.07 Å². The van der Waals surface area contributed by atoms with Gasteiger partial charge in [-0.15, -0.1) is 11.3 Å². The highest BCUT2D eigenvalue weighted by molar-refractivity contribution is 7.10. The van der Waals surface area contributed by atoms with E-state index in [0.717, 1.165) is 35.5 Å². The number of nitrogens with zero attached hydrogens (tertiary/aromatic N) is 2. The lowest BCUT2D eigenvalue weighted by Crippen LogP contribution is -2.52. The van der Waals surface area contributed by atoms with E-state index in [4.69, 9.17) is 4.74 Å². The number of amides is 2. The quantitative estimate of drug-likeness (QED) is 0.769. The molecule has 1 unspecified atom stereocenters. The summed E-state index contributed by atoms with van der Waals surface area (Å²) in [6.45, 7) is 1.42. The molecule has 29 heavy (non-hydrogen) atoms. The number of carbonyl (C=O) groups is 2. The van der Waals surface area contributed by atoms with Gasteiger partial charge in [-0.3, -0.25) is 9.59 Å². The second kappa shape index (κ2) is 8.19. The monoisotopic (exact) mass is 412 g/mol. The third-order valence-electron chi connectivity index (χ3n) is 6.16. The first kappa shape index (κ1) is 20.0. The molecule has 1 aromatic carbocycles. The molecule has 4 rings (SSSR count). The molecule has 1 spiro atoms. The Morgan fingerprint density at radius 3 is 2.62 bits per heavy atom. The number of piperidine rings is 1. The van der Waals surface area contributed by atoms with Gasteiger partial charge in [-0.1, -0.05) is 24.3 Å². The molecule has 0 bridgehead atoms. The van der Waals surface area contributed by atoms with E-state index in [-0.39, 0.29) is 23.3 Å². The van der Waals surface area contributed by atoms with Crippen LogP contribution in [0.2, 0.25) is 0 Å². The molecule has 5 nitrogen and oxygen atoms in total. The minimum Gasteiger partial charge on any atom is -0.487 e. The normalized spacial score (nSPS) is 20.1. The topological polar surface area (TPSA) is 49.9 Å². The van der Waals surface area contributed by atoms with Crippen molar-refractivity contribution in [1.29, 1.82) is 0 Å². The zero-order valence-corrected chi connectivity index (χ0v) is 17.9. The van der Waals surface area contributed by atoms with Crippen molar-refractivity contribution >= 4 is 23.2 Å². The standard InChI is InChI=1S/C23H28N2O3S/c1-24(2)21(26)14-17-16-23(28-20-8-4-3-7-19(17)20)9-11-25(12-10-23)22(27)15-18-6-5-13-29-18/h3-8,13,17H,9-12,14-16H2,1-2H3. The lowest BCUT2D eigenvalue weighted by atomic mass is 9.76. The van der Waals surface area contributed by atoms with Gasteiger partial charge in [-0.2, -0.15) is 0 Å². The van der Waals surface area contributed by atoms with Gasteiger partial charge in [0.05, 0.1) is 6.42 Å². The van der Waals surface area contributed by atoms with E-state index in [1.807, 2.05) is 40.6 Å². The second-order valence-corrected chi connectivity index (χ2v) is 9.39. The first-order valence-electron chi connectivity index (χ1n) is 10.2. The first-order chi connectivity index (χ1) is 14.0. The summed E-state index contributed by atoms with van der Waals surface area (Å²) >= 11 is 1.63. The Bertz CT molecular complexity index is 870. The molecule has 0 aliphatic carbocycles. The molecule has 2 aliphatic rings. The van der Waals surface area contributed by atoms with Gasteiger partial charge in [-0.25, -0.2) is 0 Å². The third-order valence-corrected chi connectivity index (χ3v) is 7.03. The smallest absolute Gasteiger partial charge is 0.227 e. The molecule has 0 saturated carbocycles. The van der Waals surface area contributed by atoms with E-state index in [1.54, 1.807) is 30.3 Å². The second-order valence-electron chi connectivity index (χ2n) is 8.35. The lowest BCUT2D eigenvalue weighted by molar-refractivity contribution is -0.134. The average Bonchev–Trinajstić information content (AvgIpc) is 3.21. The van der Waals surface area contributed by atoms with Crippen LogP contribution in [0.1, 0.15) is 42.0 Å². The van der Waals surface area contributed by atoms with Crippen molar-refractivity contribution < 1.29 is 14.3 Å². The van der Waals surface area contributed by atoms with Crippen LogP contribution in [0.25, 0.3) is 0 Å². The van der Waals surface area contributed by atoms with Crippen LogP contribution < -0.4 is 4.74 Å². The van der Waals surface area contributed by atoms with Gasteiger partial charge in [0.15, 0.2) is 0 Å². The van der Waals surface area contributed by atoms with Gasteiger partial charge >= 0.3 is 0 Å². The maximum atomic E-state index is 12.7. The summed E-state index contributed by atoms with van der Waals surface area (Å²) in [5.41, 5.74) is 0.843. The maximum Gasteiger partial charge on any atom is 0.227 e. The fourth-order valence-electron chi connectivity index (χ4n) is 4.46. The van der Waals surface area contributed by atoms with Crippen molar-refractivity contribution in [3.05, 3.63) is 52.2 Å². The molecule has 1 saturated heterocycles. The van der Waals surface area contributed by atoms with Gasteiger partial charge in [0.1, 0.15) is 11.4 Å². The van der Waals surface area contributed by atoms with Crippen LogP contribution >= 0.6 is 11.3 Å². The summed E-state index contributed by atoms with van der Waals surface area (Å²) in [4.78, 5) is 29.8. The van der Waals surface area contributed by atoms with E-state index < -0.39 is 0 Å². The molecule has 2 aromatic rings. The van der Waals surface area contributed by atoms with Crippen LogP contribution in [-0.2, 0) is 16.0 Å². The number of carbonyl (C=O) groups excluding carboxylic acids is 2. The summed E-state index contributed by atoms with van der Waals surface area (Å²) in [5.74, 6) is 1.39. The summed E-state index contributed by atoms with van der Waals surface area (Å²) < 4.78 is 6.51. The number of likely N-dealkylation sites (tertiary alicyclic amines) is 1. The number of ether oxygens (including phenoxy) is 1. The molecule has 6 heteroatoms. The van der Waals surface area contributed by atoms with Crippen LogP contribution in [0.15, 0.2) is 41.8 Å². The van der Waals surface area contributed by atoms with Crippen molar-refractivity contribution in [1.82, 2.24) is 9.80 Å². The zero-order valence-electron chi connectivity index (χ0n) is 17.1. The van der Waals surface area contributed by atoms with E-state index in [9.17, 15) is 9.59 Å². The fourth-order valence-corrected chi connectivity index (χ4v) is 5.16. The van der Waals surface area contributed by atoms with Gasteiger partial charge < -0.3 is 14.5 Å². The Morgan fingerprint density at radius 1 is 1.17 bits per heavy atom. The van der Waals surface area contributed by atoms with Crippen LogP contribution in [0, 0.1) is 0 Å². The van der Waals surface area contributed by atoms with Gasteiger partial charge in [0, 0.05) is 57.2 Å². The highest BCUT2D eigenvalue weighted by Gasteiger charge is 2.44. The Labute approximate surface area is 176 Å². The zero-order chi connectivity index (χ0) is 20.4. The molecule has 2 aliphatic heterocycles. The molecule has 154 valence electrons. The number of fused-ring (bicyclic) bond motifs is 1. The minimum atomic E-state index is -0.286. The van der Waals surface area contributed by atoms with Gasteiger partial charge in [0.2, 0.25) is 11.8 Å². The summed E-state index contributed by atoms with van der Waals surface area (Å²) in [5, 5.41) is 2.01. The predicted octanol–water partition coefficient (Wildman–Crippen LogP) is 3.70. The number of rotatable bonds is 4. The summed E-state index contributed by atoms with van der Waals surface area (Å²) in [7, 11) is 3.61. The minimum absolute atomic E-state index is 0.144. The van der Waals surface area contributed by atoms with E-state index >= 15 is 0 Å². The Morgan fingerprint density at radius 2 is 1.93 bits per heavy atom. The largest absolute Gasteiger partial charge is 0.487 e. The average molecular weight is 413 g/mol. The van der Waals surface area contributed by atoms with Gasteiger partial charge in [-0.05, 0) is 29.5 Å². The molecular formula is C23H28N2O3S. The van der Waals surface area contributed by atoms with E-state index in [0.29, 0.717) is 25.9 Å². The molecule has 3 heterocycles. The predicted molar refractivity (Wildman–Crippen MR) is 114 cm³/mol. The Hall–Kier alpha value is -2.34. The van der Waals surface area contributed by atoms with Crippen molar-refractivity contribution in [2.24, 2.45) is 0 Å². The number of para-hydroxylation sites is 1. The maximum absolute atomic E-state index is 12.7. The number of hydrogen-bond acceptors (Lipinski definition) is 4. The number of hydrogen-bond donors (Lipinski definition) is 0. The van der Waals surface area contributed by atoms with Crippen molar-refractivity contribution in [2.75, 3.05) is 27.2 Å². The SMILES string of the molecule is CN(C)C(=O)CC1CC2(CCN(C(=O)Cc3cccs3)CC2)Oc2ccccc21. The van der Waals surface area contributed by atoms with E-state index in [1.165, 1.54) is 0 Å². The highest BCUT2D eigenvalue weighted by Crippen LogP contribution is 2.46. The summed E-state index contributed by atoms with van der Waals surface area (Å²) in [6, 6.07) is 12.1. The Balaban J connectivity index is 1.46. The van der Waals surface area contributed by atoms with Crippen LogP contribution in [-0.4, -0.2) is 54.4 Å². The van der Waals surface area contributed by atoms with Crippen molar-refractivity contribution in [3.8, 4) is 5.75 Å². The molecular weight excluding hydrogens is 384 g/mol. The Kier molecular flexibility index (Phi) is 5.63. The summed E-state index contributed by atoms with van der Waals surface area (Å²) in [6.07, 6.45) is 3.43. The number of benzene rings is 1. The molecule has 0 radical (unpaired) electrons. The molecule has 1 fully saturated rings. The van der Waals surface area contributed by atoms with Crippen LogP contribution in [0.5, 0.6) is 5.75 Å². The van der Waals surface area contributed by atoms with Crippen LogP contribution in [0.3, 0.4) is 0 Å². The third kappa shape index (κ3) is 4.32. The molecule has 0 N–H and O–H groups in total. The van der Waals surface area contributed by atoms with Crippen molar-refractivity contribution in [3.63, 3.8) is 0 Å². The fraction of sp³-hybridized carbons (Fsp3) is 0.478. The molecule has 2 amide bonds. The first-order valence-corrected chi connectivity index (χ1v) is 11.1. The molecule has 1 atom stereocenters. The lowest BCUT2D eigenvalue weighted by Gasteiger charge is -2.47. The highest BCUT2D eigenvalue weighted by atomic mass is 32.1.